The Bertz CT molecular complexity index is 1600. The van der Waals surface area contributed by atoms with Crippen LogP contribution in [0.4, 0.5) is 5.82 Å². The van der Waals surface area contributed by atoms with Crippen LogP contribution in [0.3, 0.4) is 0 Å². The molecule has 37 heavy (non-hydrogen) atoms. The molecule has 5 rings (SSSR count). The Balaban J connectivity index is 1.36. The first kappa shape index (κ1) is 23.9. The van der Waals surface area contributed by atoms with Crippen molar-refractivity contribution in [3.63, 3.8) is 0 Å². The van der Waals surface area contributed by atoms with Gasteiger partial charge in [0.05, 0.1) is 16.6 Å². The number of anilines is 1. The molecular formula is C32H26N2O3. The smallest absolute Gasteiger partial charge is 0.338 e. The van der Waals surface area contributed by atoms with Crippen molar-refractivity contribution in [1.82, 2.24) is 4.98 Å². The van der Waals surface area contributed by atoms with Gasteiger partial charge in [0, 0.05) is 5.39 Å². The van der Waals surface area contributed by atoms with Crippen molar-refractivity contribution in [2.45, 2.75) is 20.5 Å². The first-order valence-electron chi connectivity index (χ1n) is 12.1. The van der Waals surface area contributed by atoms with Gasteiger partial charge in [-0.1, -0.05) is 72.8 Å². The molecule has 0 fully saturated rings. The first-order valence-corrected chi connectivity index (χ1v) is 12.1. The number of rotatable bonds is 6. The second kappa shape index (κ2) is 10.5. The maximum atomic E-state index is 13.4. The van der Waals surface area contributed by atoms with Gasteiger partial charge in [-0.15, -0.1) is 0 Å². The van der Waals surface area contributed by atoms with Gasteiger partial charge in [0.25, 0.3) is 5.91 Å². The maximum Gasteiger partial charge on any atom is 0.338 e. The molecule has 0 radical (unpaired) electrons. The highest BCUT2D eigenvalue weighted by Crippen LogP contribution is 2.29. The van der Waals surface area contributed by atoms with E-state index in [0.29, 0.717) is 22.5 Å². The molecule has 1 amide bonds. The number of benzene rings is 4. The number of amides is 1. The van der Waals surface area contributed by atoms with Crippen molar-refractivity contribution in [2.24, 2.45) is 0 Å². The first-order chi connectivity index (χ1) is 18.0. The molecule has 0 atom stereocenters. The van der Waals surface area contributed by atoms with Gasteiger partial charge in [0.2, 0.25) is 0 Å². The lowest BCUT2D eigenvalue weighted by Crippen LogP contribution is -2.16. The minimum atomic E-state index is -0.397. The van der Waals surface area contributed by atoms with Crippen LogP contribution in [0.5, 0.6) is 0 Å². The highest BCUT2D eigenvalue weighted by Gasteiger charge is 2.18. The topological polar surface area (TPSA) is 68.3 Å². The minimum absolute atomic E-state index is 0.213. The Hall–Kier alpha value is -4.77. The molecule has 0 spiro atoms. The van der Waals surface area contributed by atoms with E-state index in [4.69, 9.17) is 4.74 Å². The molecule has 5 nitrogen and oxygen atoms in total. The molecular weight excluding hydrogens is 460 g/mol. The number of ether oxygens (including phenoxy) is 1. The number of nitrogens with zero attached hydrogens (tertiary/aromatic N) is 1. The van der Waals surface area contributed by atoms with Gasteiger partial charge in [-0.3, -0.25) is 4.79 Å². The largest absolute Gasteiger partial charge is 0.457 e. The van der Waals surface area contributed by atoms with Crippen LogP contribution in [0.2, 0.25) is 0 Å². The van der Waals surface area contributed by atoms with Gasteiger partial charge in [0.1, 0.15) is 12.4 Å². The number of aryl methyl sites for hydroxylation is 1. The van der Waals surface area contributed by atoms with Crippen molar-refractivity contribution >= 4 is 28.6 Å². The van der Waals surface area contributed by atoms with E-state index in [9.17, 15) is 9.59 Å². The Kier molecular flexibility index (Phi) is 6.77. The van der Waals surface area contributed by atoms with E-state index >= 15 is 0 Å². The Morgan fingerprint density at radius 3 is 2.30 bits per heavy atom. The van der Waals surface area contributed by atoms with Crippen LogP contribution in [0, 0.1) is 13.8 Å². The standard InChI is InChI=1S/C32H26N2O3/c1-21-13-16-27(24-11-7-4-8-12-24)30(22(21)2)31(35)34-29-18-15-25-19-26(14-17-28(25)33-29)32(36)37-20-23-9-5-3-6-10-23/h3-19H,20H2,1-2H3,(H,33,34,35). The SMILES string of the molecule is Cc1ccc(-c2ccccc2)c(C(=O)Nc2ccc3cc(C(=O)OCc4ccccc4)ccc3n2)c1C. The van der Waals surface area contributed by atoms with Crippen molar-refractivity contribution in [3.05, 3.63) is 131 Å². The third-order valence-corrected chi connectivity index (χ3v) is 6.43. The number of nitrogens with one attached hydrogen (secondary N) is 1. The Labute approximate surface area is 215 Å². The summed E-state index contributed by atoms with van der Waals surface area (Å²) in [5.74, 6) is -0.170. The molecule has 0 saturated carbocycles. The predicted molar refractivity (Wildman–Crippen MR) is 147 cm³/mol. The molecule has 0 unspecified atom stereocenters. The fourth-order valence-corrected chi connectivity index (χ4v) is 4.27. The van der Waals surface area contributed by atoms with E-state index in [-0.39, 0.29) is 12.5 Å². The van der Waals surface area contributed by atoms with Crippen LogP contribution < -0.4 is 5.32 Å². The molecule has 5 aromatic rings. The highest BCUT2D eigenvalue weighted by atomic mass is 16.5. The van der Waals surface area contributed by atoms with Crippen LogP contribution in [0.15, 0.2) is 103 Å². The average Bonchev–Trinajstić information content (AvgIpc) is 2.93. The minimum Gasteiger partial charge on any atom is -0.457 e. The molecule has 0 bridgehead atoms. The third kappa shape index (κ3) is 5.26. The zero-order chi connectivity index (χ0) is 25.8. The lowest BCUT2D eigenvalue weighted by Gasteiger charge is -2.15. The number of hydrogen-bond donors (Lipinski definition) is 1. The summed E-state index contributed by atoms with van der Waals surface area (Å²) in [4.78, 5) is 30.6. The van der Waals surface area contributed by atoms with Gasteiger partial charge in [-0.25, -0.2) is 9.78 Å². The quantitative estimate of drug-likeness (QED) is 0.259. The number of carbonyl (C=O) groups is 2. The van der Waals surface area contributed by atoms with Crippen molar-refractivity contribution in [1.29, 1.82) is 0 Å². The fraction of sp³-hybridized carbons (Fsp3) is 0.0938. The van der Waals surface area contributed by atoms with Crippen LogP contribution in [0.1, 0.15) is 37.4 Å². The molecule has 0 aliphatic rings. The molecule has 1 N–H and O–H groups in total. The molecule has 0 saturated heterocycles. The van der Waals surface area contributed by atoms with Crippen LogP contribution in [-0.4, -0.2) is 16.9 Å². The van der Waals surface area contributed by atoms with Crippen molar-refractivity contribution in [3.8, 4) is 11.1 Å². The average molecular weight is 487 g/mol. The second-order valence-corrected chi connectivity index (χ2v) is 8.92. The monoisotopic (exact) mass is 486 g/mol. The summed E-state index contributed by atoms with van der Waals surface area (Å²) in [6.45, 7) is 4.17. The van der Waals surface area contributed by atoms with Crippen LogP contribution >= 0.6 is 0 Å². The second-order valence-electron chi connectivity index (χ2n) is 8.92. The summed E-state index contributed by atoms with van der Waals surface area (Å²) >= 11 is 0. The zero-order valence-corrected chi connectivity index (χ0v) is 20.7. The number of aromatic nitrogens is 1. The van der Waals surface area contributed by atoms with Gasteiger partial charge in [-0.05, 0) is 72.0 Å². The summed E-state index contributed by atoms with van der Waals surface area (Å²) < 4.78 is 5.44. The van der Waals surface area contributed by atoms with Crippen LogP contribution in [0.25, 0.3) is 22.0 Å². The number of hydrogen-bond acceptors (Lipinski definition) is 4. The highest BCUT2D eigenvalue weighted by molar-refractivity contribution is 6.10. The zero-order valence-electron chi connectivity index (χ0n) is 20.7. The number of fused-ring (bicyclic) bond motifs is 1. The van der Waals surface area contributed by atoms with Gasteiger partial charge >= 0.3 is 5.97 Å². The number of pyridine rings is 1. The summed E-state index contributed by atoms with van der Waals surface area (Å²) in [5.41, 5.74) is 6.50. The molecule has 5 heteroatoms. The van der Waals surface area contributed by atoms with E-state index in [1.54, 1.807) is 24.3 Å². The lowest BCUT2D eigenvalue weighted by atomic mass is 9.92. The Morgan fingerprint density at radius 2 is 1.54 bits per heavy atom. The fourth-order valence-electron chi connectivity index (χ4n) is 4.27. The van der Waals surface area contributed by atoms with Gasteiger partial charge in [0.15, 0.2) is 0 Å². The lowest BCUT2D eigenvalue weighted by molar-refractivity contribution is 0.0473. The molecule has 1 aromatic heterocycles. The van der Waals surface area contributed by atoms with E-state index in [1.807, 2.05) is 92.7 Å². The molecule has 0 aliphatic carbocycles. The number of esters is 1. The third-order valence-electron chi connectivity index (χ3n) is 6.43. The predicted octanol–water partition coefficient (Wildman–Crippen LogP) is 7.13. The normalized spacial score (nSPS) is 10.8. The Morgan fingerprint density at radius 1 is 0.811 bits per heavy atom. The molecule has 4 aromatic carbocycles. The summed E-state index contributed by atoms with van der Waals surface area (Å²) in [7, 11) is 0. The molecule has 0 aliphatic heterocycles. The summed E-state index contributed by atoms with van der Waals surface area (Å²) in [6, 6.07) is 32.2. The van der Waals surface area contributed by atoms with Crippen molar-refractivity contribution in [2.75, 3.05) is 5.32 Å². The van der Waals surface area contributed by atoms with E-state index in [2.05, 4.69) is 10.3 Å². The van der Waals surface area contributed by atoms with E-state index in [1.165, 1.54) is 0 Å². The van der Waals surface area contributed by atoms with Crippen LogP contribution in [-0.2, 0) is 11.3 Å². The van der Waals surface area contributed by atoms with E-state index in [0.717, 1.165) is 33.2 Å². The molecule has 1 heterocycles. The van der Waals surface area contributed by atoms with Gasteiger partial charge in [-0.2, -0.15) is 0 Å². The van der Waals surface area contributed by atoms with Gasteiger partial charge < -0.3 is 10.1 Å². The summed E-state index contributed by atoms with van der Waals surface area (Å²) in [5, 5.41) is 3.74. The molecule has 182 valence electrons. The number of carbonyl (C=O) groups excluding carboxylic acids is 2. The maximum absolute atomic E-state index is 13.4. The van der Waals surface area contributed by atoms with E-state index < -0.39 is 5.97 Å². The van der Waals surface area contributed by atoms with Crippen molar-refractivity contribution < 1.29 is 14.3 Å². The summed E-state index contributed by atoms with van der Waals surface area (Å²) in [6.07, 6.45) is 0.